The highest BCUT2D eigenvalue weighted by molar-refractivity contribution is 7.13. The molecule has 0 amide bonds. The van der Waals surface area contributed by atoms with E-state index in [9.17, 15) is 5.11 Å². The molecule has 2 heterocycles. The number of aromatic hydroxyl groups is 1. The molecular weight excluding hydrogens is 240 g/mol. The Labute approximate surface area is 102 Å². The van der Waals surface area contributed by atoms with Crippen molar-refractivity contribution in [1.29, 1.82) is 0 Å². The Kier molecular flexibility index (Phi) is 2.49. The third-order valence-electron chi connectivity index (χ3n) is 2.44. The van der Waals surface area contributed by atoms with E-state index in [1.807, 2.05) is 5.38 Å². The van der Waals surface area contributed by atoms with Crippen molar-refractivity contribution >= 4 is 16.5 Å². The molecule has 0 unspecified atom stereocenters. The summed E-state index contributed by atoms with van der Waals surface area (Å²) < 4.78 is 10.4. The molecule has 0 fully saturated rings. The average molecular weight is 250 g/mol. The third kappa shape index (κ3) is 1.99. The van der Waals surface area contributed by atoms with Crippen LogP contribution in [-0.4, -0.2) is 16.9 Å². The molecule has 0 aliphatic carbocycles. The number of hydrogen-bond donors (Lipinski definition) is 2. The van der Waals surface area contributed by atoms with Gasteiger partial charge in [0.2, 0.25) is 6.79 Å². The second kappa shape index (κ2) is 4.14. The van der Waals surface area contributed by atoms with Gasteiger partial charge in [0.1, 0.15) is 5.75 Å². The number of aromatic nitrogens is 1. The van der Waals surface area contributed by atoms with Crippen LogP contribution in [0.3, 0.4) is 0 Å². The van der Waals surface area contributed by atoms with Gasteiger partial charge in [-0.25, -0.2) is 4.98 Å². The number of rotatable bonds is 3. The molecule has 88 valence electrons. The maximum Gasteiger partial charge on any atom is 0.231 e. The van der Waals surface area contributed by atoms with Crippen LogP contribution in [-0.2, 0) is 6.54 Å². The first-order valence-corrected chi connectivity index (χ1v) is 5.96. The first-order chi connectivity index (χ1) is 8.33. The molecule has 3 rings (SSSR count). The molecule has 0 radical (unpaired) electrons. The summed E-state index contributed by atoms with van der Waals surface area (Å²) >= 11 is 1.51. The van der Waals surface area contributed by atoms with E-state index in [0.29, 0.717) is 18.0 Å². The van der Waals surface area contributed by atoms with Gasteiger partial charge in [-0.3, -0.25) is 0 Å². The van der Waals surface area contributed by atoms with E-state index < -0.39 is 0 Å². The number of benzene rings is 1. The smallest absolute Gasteiger partial charge is 0.231 e. The zero-order chi connectivity index (χ0) is 11.7. The van der Waals surface area contributed by atoms with Crippen LogP contribution in [0.1, 0.15) is 5.56 Å². The van der Waals surface area contributed by atoms with Gasteiger partial charge in [-0.2, -0.15) is 0 Å². The zero-order valence-corrected chi connectivity index (χ0v) is 9.66. The van der Waals surface area contributed by atoms with Gasteiger partial charge in [0, 0.05) is 29.8 Å². The Bertz CT molecular complexity index is 528. The molecular formula is C11H10N2O3S. The lowest BCUT2D eigenvalue weighted by atomic mass is 10.2. The monoisotopic (exact) mass is 250 g/mol. The predicted octanol–water partition coefficient (Wildman–Crippen LogP) is 2.19. The van der Waals surface area contributed by atoms with Crippen molar-refractivity contribution in [3.8, 4) is 17.2 Å². The topological polar surface area (TPSA) is 63.6 Å². The van der Waals surface area contributed by atoms with Crippen LogP contribution in [0.15, 0.2) is 23.7 Å². The van der Waals surface area contributed by atoms with Crippen LogP contribution in [0.25, 0.3) is 0 Å². The van der Waals surface area contributed by atoms with E-state index in [0.717, 1.165) is 10.7 Å². The van der Waals surface area contributed by atoms with Crippen LogP contribution >= 0.6 is 11.3 Å². The summed E-state index contributed by atoms with van der Waals surface area (Å²) in [5.41, 5.74) is 0.754. The van der Waals surface area contributed by atoms with Crippen LogP contribution in [0.4, 0.5) is 5.13 Å². The summed E-state index contributed by atoms with van der Waals surface area (Å²) in [7, 11) is 0. The summed E-state index contributed by atoms with van der Waals surface area (Å²) in [4.78, 5) is 4.10. The Balaban J connectivity index is 1.79. The first kappa shape index (κ1) is 10.2. The number of phenols is 1. The predicted molar refractivity (Wildman–Crippen MR) is 63.7 cm³/mol. The molecule has 2 N–H and O–H groups in total. The van der Waals surface area contributed by atoms with E-state index in [2.05, 4.69) is 10.3 Å². The number of ether oxygens (including phenoxy) is 2. The van der Waals surface area contributed by atoms with Gasteiger partial charge in [0.05, 0.1) is 0 Å². The summed E-state index contributed by atoms with van der Waals surface area (Å²) in [6, 6.07) is 3.35. The number of hydrogen-bond acceptors (Lipinski definition) is 6. The summed E-state index contributed by atoms with van der Waals surface area (Å²) in [6.45, 7) is 0.703. The van der Waals surface area contributed by atoms with Crippen LogP contribution in [0.2, 0.25) is 0 Å². The lowest BCUT2D eigenvalue weighted by molar-refractivity contribution is 0.174. The summed E-state index contributed by atoms with van der Waals surface area (Å²) in [5.74, 6) is 1.44. The maximum atomic E-state index is 9.81. The summed E-state index contributed by atoms with van der Waals surface area (Å²) in [5, 5.41) is 15.6. The second-order valence-electron chi connectivity index (χ2n) is 3.52. The quantitative estimate of drug-likeness (QED) is 0.874. The summed E-state index contributed by atoms with van der Waals surface area (Å²) in [6.07, 6.45) is 1.73. The maximum absolute atomic E-state index is 9.81. The molecule has 5 nitrogen and oxygen atoms in total. The molecule has 17 heavy (non-hydrogen) atoms. The van der Waals surface area contributed by atoms with Gasteiger partial charge >= 0.3 is 0 Å². The third-order valence-corrected chi connectivity index (χ3v) is 3.17. The van der Waals surface area contributed by atoms with Gasteiger partial charge in [0.25, 0.3) is 0 Å². The first-order valence-electron chi connectivity index (χ1n) is 5.08. The average Bonchev–Trinajstić information content (AvgIpc) is 2.95. The highest BCUT2D eigenvalue weighted by Gasteiger charge is 2.16. The standard InChI is InChI=1S/C11H10N2O3S/c14-8-4-10-9(15-6-16-10)3-7(8)5-13-11-12-1-2-17-11/h1-4,14H,5-6H2,(H,12,13). The van der Waals surface area contributed by atoms with Gasteiger partial charge in [-0.1, -0.05) is 0 Å². The molecule has 1 aliphatic rings. The molecule has 6 heteroatoms. The second-order valence-corrected chi connectivity index (χ2v) is 4.42. The molecule has 0 atom stereocenters. The number of thiazole rings is 1. The SMILES string of the molecule is Oc1cc2c(cc1CNc1nccs1)OCO2. The van der Waals surface area contributed by atoms with Crippen molar-refractivity contribution in [2.75, 3.05) is 12.1 Å². The van der Waals surface area contributed by atoms with E-state index in [1.165, 1.54) is 11.3 Å². The number of nitrogens with zero attached hydrogens (tertiary/aromatic N) is 1. The fourth-order valence-electron chi connectivity index (χ4n) is 1.60. The van der Waals surface area contributed by atoms with Crippen molar-refractivity contribution in [3.63, 3.8) is 0 Å². The van der Waals surface area contributed by atoms with E-state index >= 15 is 0 Å². The fraction of sp³-hybridized carbons (Fsp3) is 0.182. The van der Waals surface area contributed by atoms with Crippen LogP contribution < -0.4 is 14.8 Å². The number of fused-ring (bicyclic) bond motifs is 1. The van der Waals surface area contributed by atoms with Crippen molar-refractivity contribution in [3.05, 3.63) is 29.3 Å². The Morgan fingerprint density at radius 3 is 2.94 bits per heavy atom. The van der Waals surface area contributed by atoms with Crippen LogP contribution in [0.5, 0.6) is 17.2 Å². The minimum absolute atomic E-state index is 0.193. The molecule has 0 saturated carbocycles. The minimum atomic E-state index is 0.193. The fourth-order valence-corrected chi connectivity index (χ4v) is 2.12. The molecule has 0 bridgehead atoms. The van der Waals surface area contributed by atoms with Gasteiger partial charge in [-0.05, 0) is 6.07 Å². The van der Waals surface area contributed by atoms with Gasteiger partial charge in [-0.15, -0.1) is 11.3 Å². The number of anilines is 1. The highest BCUT2D eigenvalue weighted by atomic mass is 32.1. The molecule has 1 aromatic heterocycles. The largest absolute Gasteiger partial charge is 0.507 e. The lowest BCUT2D eigenvalue weighted by Gasteiger charge is -2.06. The Morgan fingerprint density at radius 2 is 2.18 bits per heavy atom. The van der Waals surface area contributed by atoms with Crippen molar-refractivity contribution in [2.45, 2.75) is 6.54 Å². The lowest BCUT2D eigenvalue weighted by Crippen LogP contribution is -1.99. The Hall–Kier alpha value is -1.95. The highest BCUT2D eigenvalue weighted by Crippen LogP contribution is 2.37. The van der Waals surface area contributed by atoms with Crippen LogP contribution in [0, 0.1) is 0 Å². The van der Waals surface area contributed by atoms with E-state index in [4.69, 9.17) is 9.47 Å². The van der Waals surface area contributed by atoms with E-state index in [1.54, 1.807) is 18.3 Å². The minimum Gasteiger partial charge on any atom is -0.507 e. The molecule has 1 aromatic carbocycles. The van der Waals surface area contributed by atoms with Gasteiger partial charge in [0.15, 0.2) is 16.6 Å². The van der Waals surface area contributed by atoms with Gasteiger partial charge < -0.3 is 19.9 Å². The van der Waals surface area contributed by atoms with Crippen molar-refractivity contribution in [2.24, 2.45) is 0 Å². The number of nitrogens with one attached hydrogen (secondary N) is 1. The van der Waals surface area contributed by atoms with Crippen molar-refractivity contribution in [1.82, 2.24) is 4.98 Å². The Morgan fingerprint density at radius 1 is 1.35 bits per heavy atom. The van der Waals surface area contributed by atoms with E-state index in [-0.39, 0.29) is 12.5 Å². The molecule has 0 spiro atoms. The molecule has 0 saturated heterocycles. The molecule has 1 aliphatic heterocycles. The number of phenolic OH excluding ortho intramolecular Hbond substituents is 1. The van der Waals surface area contributed by atoms with Crippen molar-refractivity contribution < 1.29 is 14.6 Å². The zero-order valence-electron chi connectivity index (χ0n) is 8.84. The molecule has 2 aromatic rings. The normalized spacial score (nSPS) is 12.7.